The Morgan fingerprint density at radius 2 is 2.00 bits per heavy atom. The monoisotopic (exact) mass is 279 g/mol. The summed E-state index contributed by atoms with van der Waals surface area (Å²) in [4.78, 5) is 0. The molecule has 1 nitrogen and oxygen atoms in total. The fraction of sp³-hybridized carbons (Fsp3) is 0.333. The summed E-state index contributed by atoms with van der Waals surface area (Å²) in [6.07, 6.45) is 0. The molecule has 0 heterocycles. The predicted molar refractivity (Wildman–Crippen MR) is 57.6 cm³/mol. The highest BCUT2D eigenvalue weighted by molar-refractivity contribution is 14.1. The van der Waals surface area contributed by atoms with Crippen molar-refractivity contribution in [3.8, 4) is 0 Å². The van der Waals surface area contributed by atoms with Crippen molar-refractivity contribution in [1.29, 1.82) is 0 Å². The van der Waals surface area contributed by atoms with Crippen molar-refractivity contribution in [3.05, 3.63) is 27.1 Å². The predicted octanol–water partition coefficient (Wildman–Crippen LogP) is 3.14. The first-order valence-electron chi connectivity index (χ1n) is 3.76. The van der Waals surface area contributed by atoms with Gasteiger partial charge in [0, 0.05) is 3.57 Å². The van der Waals surface area contributed by atoms with Gasteiger partial charge < -0.3 is 5.73 Å². The highest BCUT2D eigenvalue weighted by Gasteiger charge is 2.07. The SMILES string of the molecule is CC(C)c1cc(F)c(N)c(I)c1. The summed E-state index contributed by atoms with van der Waals surface area (Å²) >= 11 is 2.04. The molecule has 0 aliphatic heterocycles. The maximum atomic E-state index is 13.1. The Morgan fingerprint density at radius 3 is 2.42 bits per heavy atom. The molecule has 0 saturated heterocycles. The van der Waals surface area contributed by atoms with E-state index in [2.05, 4.69) is 0 Å². The Labute approximate surface area is 85.3 Å². The highest BCUT2D eigenvalue weighted by Crippen LogP contribution is 2.24. The third-order valence-corrected chi connectivity index (χ3v) is 2.66. The van der Waals surface area contributed by atoms with Crippen molar-refractivity contribution in [3.63, 3.8) is 0 Å². The average Bonchev–Trinajstić information content (AvgIpc) is 1.99. The molecule has 0 atom stereocenters. The molecule has 0 bridgehead atoms. The molecule has 1 aromatic rings. The van der Waals surface area contributed by atoms with Crippen molar-refractivity contribution < 1.29 is 4.39 Å². The lowest BCUT2D eigenvalue weighted by molar-refractivity contribution is 0.627. The van der Waals surface area contributed by atoms with E-state index in [1.54, 1.807) is 0 Å². The van der Waals surface area contributed by atoms with Crippen LogP contribution in [-0.2, 0) is 0 Å². The number of hydrogen-bond acceptors (Lipinski definition) is 1. The van der Waals surface area contributed by atoms with Crippen LogP contribution in [0, 0.1) is 9.39 Å². The zero-order chi connectivity index (χ0) is 9.30. The minimum atomic E-state index is -0.314. The van der Waals surface area contributed by atoms with Crippen LogP contribution < -0.4 is 5.73 Å². The molecular weight excluding hydrogens is 268 g/mol. The molecule has 0 aliphatic carbocycles. The molecule has 2 N–H and O–H groups in total. The highest BCUT2D eigenvalue weighted by atomic mass is 127. The number of nitrogens with two attached hydrogens (primary N) is 1. The van der Waals surface area contributed by atoms with Gasteiger partial charge in [-0.2, -0.15) is 0 Å². The van der Waals surface area contributed by atoms with E-state index in [0.29, 0.717) is 5.92 Å². The first kappa shape index (κ1) is 9.77. The van der Waals surface area contributed by atoms with E-state index in [1.807, 2.05) is 42.5 Å². The van der Waals surface area contributed by atoms with E-state index in [4.69, 9.17) is 5.73 Å². The van der Waals surface area contributed by atoms with Gasteiger partial charge in [-0.05, 0) is 46.2 Å². The topological polar surface area (TPSA) is 26.0 Å². The van der Waals surface area contributed by atoms with Gasteiger partial charge in [0.2, 0.25) is 0 Å². The second-order valence-corrected chi connectivity index (χ2v) is 4.22. The van der Waals surface area contributed by atoms with Gasteiger partial charge in [0.05, 0.1) is 5.69 Å². The summed E-state index contributed by atoms with van der Waals surface area (Å²) in [5.41, 5.74) is 6.71. The Balaban J connectivity index is 3.21. The van der Waals surface area contributed by atoms with Gasteiger partial charge in [-0.3, -0.25) is 0 Å². The van der Waals surface area contributed by atoms with Gasteiger partial charge in [-0.15, -0.1) is 0 Å². The van der Waals surface area contributed by atoms with Crippen LogP contribution in [0.15, 0.2) is 12.1 Å². The van der Waals surface area contributed by atoms with Crippen LogP contribution in [0.3, 0.4) is 0 Å². The molecule has 0 unspecified atom stereocenters. The first-order chi connectivity index (χ1) is 5.52. The van der Waals surface area contributed by atoms with Gasteiger partial charge in [0.1, 0.15) is 5.82 Å². The molecule has 0 radical (unpaired) electrons. The lowest BCUT2D eigenvalue weighted by atomic mass is 10.0. The van der Waals surface area contributed by atoms with Crippen LogP contribution in [0.25, 0.3) is 0 Å². The molecule has 3 heteroatoms. The Bertz CT molecular complexity index is 274. The largest absolute Gasteiger partial charge is 0.395 e. The minimum Gasteiger partial charge on any atom is -0.395 e. The van der Waals surface area contributed by atoms with E-state index in [0.717, 1.165) is 9.13 Å². The van der Waals surface area contributed by atoms with Crippen LogP contribution in [0.1, 0.15) is 25.3 Å². The van der Waals surface area contributed by atoms with E-state index >= 15 is 0 Å². The third kappa shape index (κ3) is 1.88. The summed E-state index contributed by atoms with van der Waals surface area (Å²) in [7, 11) is 0. The van der Waals surface area contributed by atoms with Crippen LogP contribution in [0.2, 0.25) is 0 Å². The van der Waals surface area contributed by atoms with Crippen LogP contribution in [0.5, 0.6) is 0 Å². The average molecular weight is 279 g/mol. The van der Waals surface area contributed by atoms with Crippen molar-refractivity contribution in [1.82, 2.24) is 0 Å². The molecule has 1 rings (SSSR count). The lowest BCUT2D eigenvalue weighted by Gasteiger charge is -2.08. The summed E-state index contributed by atoms with van der Waals surface area (Å²) in [5, 5.41) is 0. The molecular formula is C9H11FIN. The Hall–Kier alpha value is -0.320. The molecule has 0 amide bonds. The van der Waals surface area contributed by atoms with E-state index in [-0.39, 0.29) is 11.5 Å². The van der Waals surface area contributed by atoms with Gasteiger partial charge in [-0.1, -0.05) is 13.8 Å². The van der Waals surface area contributed by atoms with Gasteiger partial charge >= 0.3 is 0 Å². The Morgan fingerprint density at radius 1 is 1.42 bits per heavy atom. The normalized spacial score (nSPS) is 10.8. The minimum absolute atomic E-state index is 0.250. The van der Waals surface area contributed by atoms with E-state index in [9.17, 15) is 4.39 Å². The fourth-order valence-corrected chi connectivity index (χ4v) is 1.55. The van der Waals surface area contributed by atoms with Gasteiger partial charge in [0.15, 0.2) is 0 Å². The molecule has 12 heavy (non-hydrogen) atoms. The number of hydrogen-bond donors (Lipinski definition) is 1. The van der Waals surface area contributed by atoms with E-state index in [1.165, 1.54) is 6.07 Å². The molecule has 0 aromatic heterocycles. The molecule has 0 saturated carbocycles. The molecule has 66 valence electrons. The maximum absolute atomic E-state index is 13.1. The second-order valence-electron chi connectivity index (χ2n) is 3.05. The standard InChI is InChI=1S/C9H11FIN/c1-5(2)6-3-7(10)9(12)8(11)4-6/h3-5H,12H2,1-2H3. The molecule has 1 aromatic carbocycles. The summed E-state index contributed by atoms with van der Waals surface area (Å²) in [5.74, 6) is 0.0271. The zero-order valence-corrected chi connectivity index (χ0v) is 9.22. The maximum Gasteiger partial charge on any atom is 0.147 e. The number of rotatable bonds is 1. The van der Waals surface area contributed by atoms with Crippen molar-refractivity contribution >= 4 is 28.3 Å². The Kier molecular flexibility index (Phi) is 2.93. The van der Waals surface area contributed by atoms with E-state index < -0.39 is 0 Å². The second kappa shape index (κ2) is 3.60. The number of anilines is 1. The van der Waals surface area contributed by atoms with Crippen molar-refractivity contribution in [2.24, 2.45) is 0 Å². The first-order valence-corrected chi connectivity index (χ1v) is 4.84. The summed E-state index contributed by atoms with van der Waals surface area (Å²) in [6, 6.07) is 3.42. The molecule has 0 spiro atoms. The van der Waals surface area contributed by atoms with Gasteiger partial charge in [-0.25, -0.2) is 4.39 Å². The zero-order valence-electron chi connectivity index (χ0n) is 7.07. The van der Waals surface area contributed by atoms with Crippen molar-refractivity contribution in [2.75, 3.05) is 5.73 Å². The van der Waals surface area contributed by atoms with Crippen LogP contribution in [0.4, 0.5) is 10.1 Å². The quantitative estimate of drug-likeness (QED) is 0.620. The summed E-state index contributed by atoms with van der Waals surface area (Å²) in [6.45, 7) is 4.06. The lowest BCUT2D eigenvalue weighted by Crippen LogP contribution is -1.97. The van der Waals surface area contributed by atoms with Crippen molar-refractivity contribution in [2.45, 2.75) is 19.8 Å². The molecule has 0 fully saturated rings. The fourth-order valence-electron chi connectivity index (χ4n) is 0.937. The smallest absolute Gasteiger partial charge is 0.147 e. The number of nitrogen functional groups attached to an aromatic ring is 1. The number of benzene rings is 1. The summed E-state index contributed by atoms with van der Waals surface area (Å²) < 4.78 is 13.9. The van der Waals surface area contributed by atoms with Gasteiger partial charge in [0.25, 0.3) is 0 Å². The van der Waals surface area contributed by atoms with Crippen LogP contribution in [-0.4, -0.2) is 0 Å². The third-order valence-electron chi connectivity index (χ3n) is 1.77. The number of halogens is 2. The molecule has 0 aliphatic rings. The van der Waals surface area contributed by atoms with Crippen LogP contribution >= 0.6 is 22.6 Å².